The number of aromatic nitrogens is 2. The van der Waals surface area contributed by atoms with Crippen molar-refractivity contribution < 1.29 is 13.2 Å². The van der Waals surface area contributed by atoms with Gasteiger partial charge in [-0.1, -0.05) is 6.92 Å². The Labute approximate surface area is 116 Å². The van der Waals surface area contributed by atoms with E-state index in [0.29, 0.717) is 23.9 Å². The first-order valence-corrected chi connectivity index (χ1v) is 6.81. The molecule has 1 aromatic rings. The van der Waals surface area contributed by atoms with Crippen LogP contribution in [0.1, 0.15) is 31.7 Å². The molecule has 1 heterocycles. The fourth-order valence-corrected chi connectivity index (χ4v) is 2.00. The minimum Gasteiger partial charge on any atom is -0.354 e. The van der Waals surface area contributed by atoms with E-state index < -0.39 is 12.7 Å². The molecule has 0 aromatic carbocycles. The van der Waals surface area contributed by atoms with E-state index in [0.717, 1.165) is 19.3 Å². The average Bonchev–Trinajstić information content (AvgIpc) is 3.18. The van der Waals surface area contributed by atoms with Crippen LogP contribution in [0.3, 0.4) is 0 Å². The summed E-state index contributed by atoms with van der Waals surface area (Å²) in [5.74, 6) is 0.777. The molecule has 1 N–H and O–H groups in total. The summed E-state index contributed by atoms with van der Waals surface area (Å²) in [5.41, 5.74) is 0.670. The number of halogens is 3. The van der Waals surface area contributed by atoms with Gasteiger partial charge in [-0.25, -0.2) is 4.98 Å². The largest absolute Gasteiger partial charge is 0.405 e. The maximum absolute atomic E-state index is 12.7. The Morgan fingerprint density at radius 2 is 2.10 bits per heavy atom. The third-order valence-corrected chi connectivity index (χ3v) is 3.09. The Balaban J connectivity index is 2.22. The molecule has 20 heavy (non-hydrogen) atoms. The molecule has 2 rings (SSSR count). The first kappa shape index (κ1) is 14.9. The summed E-state index contributed by atoms with van der Waals surface area (Å²) < 4.78 is 38.1. The molecular weight excluding hydrogens is 269 g/mol. The van der Waals surface area contributed by atoms with Crippen LogP contribution in [0.2, 0.25) is 0 Å². The molecule has 0 saturated heterocycles. The highest BCUT2D eigenvalue weighted by Gasteiger charge is 2.39. The second-order valence-electron chi connectivity index (χ2n) is 5.10. The van der Waals surface area contributed by atoms with Crippen LogP contribution in [0.25, 0.3) is 0 Å². The summed E-state index contributed by atoms with van der Waals surface area (Å²) in [7, 11) is 0. The number of hydrogen-bond acceptors (Lipinski definition) is 4. The molecule has 1 saturated carbocycles. The fourth-order valence-electron chi connectivity index (χ4n) is 2.00. The third kappa shape index (κ3) is 3.98. The molecule has 7 heteroatoms. The van der Waals surface area contributed by atoms with Crippen molar-refractivity contribution in [2.45, 2.75) is 45.3 Å². The Kier molecular flexibility index (Phi) is 4.35. The van der Waals surface area contributed by atoms with Crippen molar-refractivity contribution in [3.63, 3.8) is 0 Å². The minimum absolute atomic E-state index is 0.0516. The van der Waals surface area contributed by atoms with E-state index in [1.807, 2.05) is 6.92 Å². The quantitative estimate of drug-likeness (QED) is 0.873. The normalized spacial score (nSPS) is 15.2. The zero-order valence-corrected chi connectivity index (χ0v) is 11.7. The highest BCUT2D eigenvalue weighted by atomic mass is 19.4. The number of aryl methyl sites for hydroxylation is 1. The number of hydrogen-bond donors (Lipinski definition) is 1. The molecule has 1 fully saturated rings. The van der Waals surface area contributed by atoms with E-state index in [9.17, 15) is 13.2 Å². The highest BCUT2D eigenvalue weighted by molar-refractivity contribution is 5.51. The van der Waals surface area contributed by atoms with Crippen LogP contribution in [-0.4, -0.2) is 35.3 Å². The Hall–Kier alpha value is -1.53. The molecule has 0 atom stereocenters. The number of anilines is 2. The Morgan fingerprint density at radius 1 is 1.40 bits per heavy atom. The van der Waals surface area contributed by atoms with Crippen LogP contribution in [0.5, 0.6) is 0 Å². The van der Waals surface area contributed by atoms with Gasteiger partial charge in [-0.2, -0.15) is 18.2 Å². The zero-order valence-electron chi connectivity index (χ0n) is 11.7. The highest BCUT2D eigenvalue weighted by Crippen LogP contribution is 2.35. The van der Waals surface area contributed by atoms with E-state index in [-0.39, 0.29) is 6.04 Å². The van der Waals surface area contributed by atoms with Gasteiger partial charge in [0.1, 0.15) is 12.4 Å². The summed E-state index contributed by atoms with van der Waals surface area (Å²) in [6.07, 6.45) is -0.168. The van der Waals surface area contributed by atoms with Gasteiger partial charge in [-0.3, -0.25) is 0 Å². The van der Waals surface area contributed by atoms with Crippen LogP contribution in [0, 0.1) is 6.92 Å². The predicted octanol–water partition coefficient (Wildman–Crippen LogP) is 3.14. The first-order valence-electron chi connectivity index (χ1n) is 6.81. The van der Waals surface area contributed by atoms with Gasteiger partial charge in [0.15, 0.2) is 0 Å². The van der Waals surface area contributed by atoms with Crippen molar-refractivity contribution in [2.24, 2.45) is 0 Å². The summed E-state index contributed by atoms with van der Waals surface area (Å²) in [6, 6.07) is -0.0516. The van der Waals surface area contributed by atoms with Gasteiger partial charge < -0.3 is 10.2 Å². The van der Waals surface area contributed by atoms with Gasteiger partial charge in [0.2, 0.25) is 5.95 Å². The topological polar surface area (TPSA) is 41.1 Å². The summed E-state index contributed by atoms with van der Waals surface area (Å²) in [4.78, 5) is 9.72. The number of nitrogens with one attached hydrogen (secondary N) is 1. The third-order valence-electron chi connectivity index (χ3n) is 3.09. The van der Waals surface area contributed by atoms with Crippen LogP contribution in [0.15, 0.2) is 6.20 Å². The van der Waals surface area contributed by atoms with E-state index >= 15 is 0 Å². The van der Waals surface area contributed by atoms with Crippen LogP contribution in [0.4, 0.5) is 24.9 Å². The second-order valence-corrected chi connectivity index (χ2v) is 5.10. The van der Waals surface area contributed by atoms with Gasteiger partial charge in [0.25, 0.3) is 0 Å². The van der Waals surface area contributed by atoms with Gasteiger partial charge in [0.05, 0.1) is 0 Å². The Bertz CT molecular complexity index is 457. The van der Waals surface area contributed by atoms with E-state index in [1.54, 1.807) is 13.1 Å². The van der Waals surface area contributed by atoms with Gasteiger partial charge in [-0.15, -0.1) is 0 Å². The van der Waals surface area contributed by atoms with E-state index in [1.165, 1.54) is 4.90 Å². The molecule has 1 aliphatic carbocycles. The predicted molar refractivity (Wildman–Crippen MR) is 72.0 cm³/mol. The second kappa shape index (κ2) is 5.85. The van der Waals surface area contributed by atoms with Crippen molar-refractivity contribution in [3.05, 3.63) is 11.8 Å². The molecular formula is C13H19F3N4. The SMILES string of the molecule is CCCNc1ncc(C)c(N(CC(F)(F)F)C2CC2)n1. The van der Waals surface area contributed by atoms with Gasteiger partial charge in [0, 0.05) is 24.3 Å². The van der Waals surface area contributed by atoms with Gasteiger partial charge in [-0.05, 0) is 26.2 Å². The molecule has 0 aliphatic heterocycles. The van der Waals surface area contributed by atoms with Crippen molar-refractivity contribution in [1.29, 1.82) is 0 Å². The molecule has 0 spiro atoms. The molecule has 0 bridgehead atoms. The molecule has 112 valence electrons. The van der Waals surface area contributed by atoms with Crippen LogP contribution < -0.4 is 10.2 Å². The van der Waals surface area contributed by atoms with Crippen molar-refractivity contribution in [3.8, 4) is 0 Å². The van der Waals surface area contributed by atoms with E-state index in [4.69, 9.17) is 0 Å². The lowest BCUT2D eigenvalue weighted by molar-refractivity contribution is -0.120. The molecule has 0 radical (unpaired) electrons. The van der Waals surface area contributed by atoms with Crippen molar-refractivity contribution in [2.75, 3.05) is 23.3 Å². The maximum atomic E-state index is 12.7. The average molecular weight is 288 g/mol. The fraction of sp³-hybridized carbons (Fsp3) is 0.692. The van der Waals surface area contributed by atoms with Crippen LogP contribution >= 0.6 is 0 Å². The minimum atomic E-state index is -4.23. The first-order chi connectivity index (χ1) is 9.40. The lowest BCUT2D eigenvalue weighted by Crippen LogP contribution is -2.37. The lowest BCUT2D eigenvalue weighted by Gasteiger charge is -2.26. The standard InChI is InChI=1S/C13H19F3N4/c1-3-6-17-12-18-7-9(2)11(19-12)20(10-4-5-10)8-13(14,15)16/h7,10H,3-6,8H2,1-2H3,(H,17,18,19). The van der Waals surface area contributed by atoms with Crippen molar-refractivity contribution >= 4 is 11.8 Å². The van der Waals surface area contributed by atoms with E-state index in [2.05, 4.69) is 15.3 Å². The van der Waals surface area contributed by atoms with Crippen LogP contribution in [-0.2, 0) is 0 Å². The maximum Gasteiger partial charge on any atom is 0.405 e. The number of alkyl halides is 3. The summed E-state index contributed by atoms with van der Waals surface area (Å²) in [6.45, 7) is 3.49. The zero-order chi connectivity index (χ0) is 14.8. The van der Waals surface area contributed by atoms with Crippen molar-refractivity contribution in [1.82, 2.24) is 9.97 Å². The molecule has 1 aromatic heterocycles. The number of nitrogens with zero attached hydrogens (tertiary/aromatic N) is 3. The summed E-state index contributed by atoms with van der Waals surface area (Å²) >= 11 is 0. The smallest absolute Gasteiger partial charge is 0.354 e. The molecule has 1 aliphatic rings. The molecule has 0 unspecified atom stereocenters. The van der Waals surface area contributed by atoms with Gasteiger partial charge >= 0.3 is 6.18 Å². The summed E-state index contributed by atoms with van der Waals surface area (Å²) in [5, 5.41) is 3.01. The molecule has 4 nitrogen and oxygen atoms in total. The molecule has 0 amide bonds. The number of rotatable bonds is 6. The lowest BCUT2D eigenvalue weighted by atomic mass is 10.3. The Morgan fingerprint density at radius 3 is 2.65 bits per heavy atom. The monoisotopic (exact) mass is 288 g/mol.